The van der Waals surface area contributed by atoms with Crippen molar-refractivity contribution in [3.63, 3.8) is 0 Å². The Bertz CT molecular complexity index is 735. The van der Waals surface area contributed by atoms with E-state index in [1.54, 1.807) is 16.8 Å². The number of nitrogens with one attached hydrogen (secondary N) is 3. The summed E-state index contributed by atoms with van der Waals surface area (Å²) in [6.45, 7) is 2.97. The molecule has 1 aromatic carbocycles. The Hall–Kier alpha value is -2.50. The van der Waals surface area contributed by atoms with Crippen molar-refractivity contribution < 1.29 is 18.3 Å². The monoisotopic (exact) mass is 472 g/mol. The van der Waals surface area contributed by atoms with Gasteiger partial charge in [-0.1, -0.05) is 0 Å². The highest BCUT2D eigenvalue weighted by atomic mass is 32.1. The zero-order valence-corrected chi connectivity index (χ0v) is 19.7. The van der Waals surface area contributed by atoms with Crippen molar-refractivity contribution in [2.45, 2.75) is 12.8 Å². The number of nitrogens with two attached hydrogens (primary N) is 1. The van der Waals surface area contributed by atoms with Crippen LogP contribution in [0.5, 0.6) is 0 Å². The van der Waals surface area contributed by atoms with Gasteiger partial charge in [0.2, 0.25) is 5.91 Å². The second kappa shape index (κ2) is 15.3. The Morgan fingerprint density at radius 2 is 1.78 bits per heavy atom. The molecule has 1 aliphatic rings. The van der Waals surface area contributed by atoms with Crippen LogP contribution in [0.25, 0.3) is 0 Å². The van der Waals surface area contributed by atoms with Crippen LogP contribution < -0.4 is 26.6 Å². The number of carbonyl (C=O) groups is 1. The number of methoxy groups -OCH3 is 1. The van der Waals surface area contributed by atoms with E-state index in [0.717, 1.165) is 13.0 Å². The van der Waals surface area contributed by atoms with Gasteiger partial charge < -0.3 is 36.2 Å². The molecule has 1 aliphatic heterocycles. The highest BCUT2D eigenvalue weighted by Gasteiger charge is 2.25. The van der Waals surface area contributed by atoms with Crippen molar-refractivity contribution in [2.24, 2.45) is 5.73 Å². The average Bonchev–Trinajstić information content (AvgIpc) is 2.78. The lowest BCUT2D eigenvalue weighted by atomic mass is 10.2. The van der Waals surface area contributed by atoms with Gasteiger partial charge in [-0.3, -0.25) is 4.79 Å². The number of hydrogen-bond acceptors (Lipinski definition) is 8. The normalized spacial score (nSPS) is 13.8. The lowest BCUT2D eigenvalue weighted by Crippen LogP contribution is -2.49. The third-order valence-corrected chi connectivity index (χ3v) is 4.88. The van der Waals surface area contributed by atoms with Gasteiger partial charge in [0.1, 0.15) is 11.2 Å². The number of piperazine rings is 1. The molecule has 1 saturated heterocycles. The van der Waals surface area contributed by atoms with Gasteiger partial charge in [-0.05, 0) is 51.4 Å². The van der Waals surface area contributed by atoms with E-state index in [-0.39, 0.29) is 17.3 Å². The highest BCUT2D eigenvalue weighted by molar-refractivity contribution is 7.78. The number of likely N-dealkylation sites (N-methyl/N-ethyl adjacent to an activating group) is 1. The molecule has 0 aromatic heterocycles. The number of carbonyl (C=O) groups excluding carboxylic acids is 1. The average molecular weight is 473 g/mol. The summed E-state index contributed by atoms with van der Waals surface area (Å²) in [6.07, 6.45) is 2.76. The molecule has 0 bridgehead atoms. The molecule has 8 nitrogen and oxygen atoms in total. The van der Waals surface area contributed by atoms with E-state index in [4.69, 9.17) is 5.73 Å². The minimum atomic E-state index is -0.642. The summed E-state index contributed by atoms with van der Waals surface area (Å²) in [5.41, 5.74) is 7.69. The molecule has 11 heteroatoms. The first-order valence-electron chi connectivity index (χ1n) is 10.4. The maximum atomic E-state index is 14.6. The lowest BCUT2D eigenvalue weighted by Gasteiger charge is -2.36. The summed E-state index contributed by atoms with van der Waals surface area (Å²) in [7, 11) is 5.12. The number of benzene rings is 1. The smallest absolute Gasteiger partial charge is 0.222 e. The summed E-state index contributed by atoms with van der Waals surface area (Å²) < 4.78 is 33.3. The van der Waals surface area contributed by atoms with Gasteiger partial charge in [0.05, 0.1) is 7.11 Å². The zero-order valence-electron chi connectivity index (χ0n) is 18.9. The van der Waals surface area contributed by atoms with Crippen molar-refractivity contribution in [3.05, 3.63) is 35.7 Å². The van der Waals surface area contributed by atoms with E-state index >= 15 is 0 Å². The second-order valence-electron chi connectivity index (χ2n) is 7.09. The first kappa shape index (κ1) is 27.5. The lowest BCUT2D eigenvalue weighted by molar-refractivity contribution is -0.131. The Balaban J connectivity index is 0.00000118. The van der Waals surface area contributed by atoms with Crippen molar-refractivity contribution >= 4 is 35.1 Å². The molecule has 5 N–H and O–H groups in total. The predicted molar refractivity (Wildman–Crippen MR) is 129 cm³/mol. The minimum absolute atomic E-state index is 0.0555. The quantitative estimate of drug-likeness (QED) is 0.302. The molecule has 1 fully saturated rings. The number of amides is 1. The fourth-order valence-corrected chi connectivity index (χ4v) is 3.14. The van der Waals surface area contributed by atoms with Crippen LogP contribution in [0, 0.1) is 11.6 Å². The van der Waals surface area contributed by atoms with E-state index in [2.05, 4.69) is 32.9 Å². The Labute approximate surface area is 194 Å². The summed E-state index contributed by atoms with van der Waals surface area (Å²) in [6, 6.07) is 2.49. The topological polar surface area (TPSA) is 94.9 Å². The number of nitrogens with zero attached hydrogens (tertiary/aromatic N) is 2. The molecule has 0 spiro atoms. The van der Waals surface area contributed by atoms with Crippen molar-refractivity contribution in [2.75, 3.05) is 70.7 Å². The van der Waals surface area contributed by atoms with Crippen LogP contribution in [0.3, 0.4) is 0 Å². The van der Waals surface area contributed by atoms with Crippen molar-refractivity contribution in [1.29, 1.82) is 0 Å². The summed E-state index contributed by atoms with van der Waals surface area (Å²) in [5, 5.41) is 8.70. The summed E-state index contributed by atoms with van der Waals surface area (Å²) in [4.78, 5) is 15.6. The molecule has 0 radical (unpaired) electrons. The standard InChI is InChI=1S/C19H30F2N6O.C2H4OS/c1-23-5-3-4-18(28)26-6-8-27(9-7-26)19-16(20)10-15(11-17(19)21)25-13-14(22)12-24-2;1-3-2-4/h10-11,13,23-25H,3-9,12,22H2,1-2H3;2H,1H3/b14-13-;. The fourth-order valence-electron chi connectivity index (χ4n) is 3.14. The number of rotatable bonds is 10. The van der Waals surface area contributed by atoms with Gasteiger partial charge in [-0.15, -0.1) is 0 Å². The molecule has 0 unspecified atom stereocenters. The highest BCUT2D eigenvalue weighted by Crippen LogP contribution is 2.28. The Kier molecular flexibility index (Phi) is 13.2. The number of halogens is 2. The van der Waals surface area contributed by atoms with Crippen LogP contribution >= 0.6 is 12.2 Å². The van der Waals surface area contributed by atoms with Gasteiger partial charge in [-0.25, -0.2) is 8.78 Å². The van der Waals surface area contributed by atoms with Crippen LogP contribution in [-0.4, -0.2) is 76.8 Å². The Morgan fingerprint density at radius 3 is 2.28 bits per heavy atom. The number of hydrogen-bond donors (Lipinski definition) is 4. The van der Waals surface area contributed by atoms with E-state index in [1.165, 1.54) is 31.0 Å². The van der Waals surface area contributed by atoms with E-state index in [0.29, 0.717) is 44.8 Å². The van der Waals surface area contributed by atoms with Crippen LogP contribution in [-0.2, 0) is 9.53 Å². The third-order valence-electron chi connectivity index (χ3n) is 4.68. The van der Waals surface area contributed by atoms with Gasteiger partial charge in [-0.2, -0.15) is 0 Å². The second-order valence-corrected chi connectivity index (χ2v) is 7.28. The van der Waals surface area contributed by atoms with Gasteiger partial charge in [0, 0.05) is 56.7 Å². The molecule has 1 amide bonds. The first-order valence-corrected chi connectivity index (χ1v) is 10.8. The molecule has 1 aromatic rings. The number of thiocarbonyl (C=S) groups is 1. The first-order chi connectivity index (χ1) is 15.4. The van der Waals surface area contributed by atoms with Crippen LogP contribution in [0.2, 0.25) is 0 Å². The van der Waals surface area contributed by atoms with E-state index in [1.807, 2.05) is 7.05 Å². The third kappa shape index (κ3) is 9.33. The largest absolute Gasteiger partial charge is 0.493 e. The van der Waals surface area contributed by atoms with E-state index in [9.17, 15) is 13.6 Å². The van der Waals surface area contributed by atoms with Crippen molar-refractivity contribution in [3.8, 4) is 0 Å². The SMILES string of the molecule is CNCCCC(=O)N1CCN(c2c(F)cc(N/C=C(\N)CNC)cc2F)CC1.COC=S. The van der Waals surface area contributed by atoms with Crippen LogP contribution in [0.4, 0.5) is 20.2 Å². The Morgan fingerprint density at radius 1 is 1.19 bits per heavy atom. The molecule has 1 heterocycles. The maximum Gasteiger partial charge on any atom is 0.222 e. The molecule has 0 atom stereocenters. The molecule has 0 saturated carbocycles. The molecule has 0 aliphatic carbocycles. The minimum Gasteiger partial charge on any atom is -0.493 e. The molecular weight excluding hydrogens is 438 g/mol. The molecule has 2 rings (SSSR count). The number of ether oxygens (including phenoxy) is 1. The number of anilines is 2. The predicted octanol–water partition coefficient (Wildman–Crippen LogP) is 1.63. The summed E-state index contributed by atoms with van der Waals surface area (Å²) >= 11 is 4.21. The van der Waals surface area contributed by atoms with Gasteiger partial charge in [0.25, 0.3) is 0 Å². The molecule has 32 heavy (non-hydrogen) atoms. The van der Waals surface area contributed by atoms with Gasteiger partial charge >= 0.3 is 0 Å². The van der Waals surface area contributed by atoms with Crippen molar-refractivity contribution in [1.82, 2.24) is 15.5 Å². The molecule has 180 valence electrons. The maximum absolute atomic E-state index is 14.6. The summed E-state index contributed by atoms with van der Waals surface area (Å²) in [5.74, 6) is -1.20. The molecular formula is C21H34F2N6O2S. The fraction of sp³-hybridized carbons (Fsp3) is 0.524. The van der Waals surface area contributed by atoms with Crippen LogP contribution in [0.1, 0.15) is 12.8 Å². The van der Waals surface area contributed by atoms with Crippen LogP contribution in [0.15, 0.2) is 24.0 Å². The zero-order chi connectivity index (χ0) is 23.9. The van der Waals surface area contributed by atoms with E-state index < -0.39 is 11.6 Å². The van der Waals surface area contributed by atoms with Gasteiger partial charge in [0.15, 0.2) is 11.6 Å².